The van der Waals surface area contributed by atoms with Gasteiger partial charge in [-0.15, -0.1) is 0 Å². The molecule has 3 N–H and O–H groups in total. The number of Topliss-reactive ketones (excluding diaryl/α,β-unsaturated/α-hetero) is 1. The van der Waals surface area contributed by atoms with Gasteiger partial charge in [-0.05, 0) is 67.0 Å². The van der Waals surface area contributed by atoms with Crippen LogP contribution in [0.2, 0.25) is 0 Å². The predicted molar refractivity (Wildman–Crippen MR) is 151 cm³/mol. The minimum Gasteiger partial charge on any atom is -0.469 e. The Kier molecular flexibility index (Phi) is 6.74. The highest BCUT2D eigenvalue weighted by Crippen LogP contribution is 2.72. The van der Waals surface area contributed by atoms with Gasteiger partial charge in [-0.1, -0.05) is 37.3 Å². The third-order valence-electron chi connectivity index (χ3n) is 11.5. The molecule has 2 heterocycles. The summed E-state index contributed by atoms with van der Waals surface area (Å²) in [6.45, 7) is 2.37. The van der Waals surface area contributed by atoms with Crippen molar-refractivity contribution in [2.75, 3.05) is 6.61 Å². The summed E-state index contributed by atoms with van der Waals surface area (Å²) in [5.41, 5.74) is -4.45. The fraction of sp³-hybridized carbons (Fsp3) is 0.529. The Balaban J connectivity index is 1.21. The Bertz CT molecular complexity index is 1560. The quantitative estimate of drug-likeness (QED) is 0.448. The average molecular weight is 611 g/mol. The van der Waals surface area contributed by atoms with E-state index in [1.807, 2.05) is 24.3 Å². The number of ether oxygens (including phenoxy) is 2. The van der Waals surface area contributed by atoms with Crippen LogP contribution in [0.3, 0.4) is 0 Å². The fourth-order valence-corrected chi connectivity index (χ4v) is 9.29. The number of alkyl halides is 2. The van der Waals surface area contributed by atoms with Crippen LogP contribution >= 0.6 is 0 Å². The lowest BCUT2D eigenvalue weighted by molar-refractivity contribution is -0.235. The second-order valence-electron chi connectivity index (χ2n) is 13.5. The summed E-state index contributed by atoms with van der Waals surface area (Å²) in [4.78, 5) is 25.8. The number of fused-ring (bicyclic) bond motifs is 7. The lowest BCUT2D eigenvalue weighted by atomic mass is 9.44. The summed E-state index contributed by atoms with van der Waals surface area (Å²) in [5.74, 6) is -2.07. The zero-order valence-corrected chi connectivity index (χ0v) is 24.5. The number of benzene rings is 1. The summed E-state index contributed by atoms with van der Waals surface area (Å²) in [7, 11) is 0. The number of halogens is 2. The monoisotopic (exact) mass is 610 g/mol. The van der Waals surface area contributed by atoms with Crippen LogP contribution in [0.1, 0.15) is 61.9 Å². The van der Waals surface area contributed by atoms with Crippen LogP contribution in [0.4, 0.5) is 8.78 Å². The Morgan fingerprint density at radius 1 is 1.09 bits per heavy atom. The fourth-order valence-electron chi connectivity index (χ4n) is 9.29. The summed E-state index contributed by atoms with van der Waals surface area (Å²) in [6, 6.07) is 9.21. The number of furan rings is 1. The van der Waals surface area contributed by atoms with Gasteiger partial charge in [0.15, 0.2) is 29.1 Å². The lowest BCUT2D eigenvalue weighted by Crippen LogP contribution is -2.70. The second kappa shape index (κ2) is 9.99. The molecule has 0 spiro atoms. The van der Waals surface area contributed by atoms with Crippen molar-refractivity contribution in [1.82, 2.24) is 0 Å². The summed E-state index contributed by atoms with van der Waals surface area (Å²) in [6.07, 6.45) is 0.278. The van der Waals surface area contributed by atoms with Crippen molar-refractivity contribution in [3.8, 4) is 0 Å². The van der Waals surface area contributed by atoms with Crippen molar-refractivity contribution in [1.29, 1.82) is 0 Å². The Labute approximate surface area is 253 Å². The van der Waals surface area contributed by atoms with E-state index in [1.165, 1.54) is 25.3 Å². The van der Waals surface area contributed by atoms with E-state index in [1.54, 1.807) is 13.0 Å². The zero-order valence-electron chi connectivity index (χ0n) is 24.5. The van der Waals surface area contributed by atoms with Gasteiger partial charge >= 0.3 is 0 Å². The molecular weight excluding hydrogens is 574 g/mol. The number of aliphatic hydroxyl groups excluding tert-OH is 3. The van der Waals surface area contributed by atoms with Gasteiger partial charge in [-0.2, -0.15) is 0 Å². The normalized spacial score (nSPS) is 42.3. The van der Waals surface area contributed by atoms with Gasteiger partial charge < -0.3 is 29.2 Å². The predicted octanol–water partition coefficient (Wildman–Crippen LogP) is 4.01. The maximum atomic E-state index is 17.5. The molecule has 10 atom stereocenters. The first-order valence-corrected chi connectivity index (χ1v) is 15.1. The molecule has 4 aliphatic carbocycles. The number of rotatable bonds is 6. The first-order valence-electron chi connectivity index (χ1n) is 15.1. The van der Waals surface area contributed by atoms with Crippen molar-refractivity contribution >= 4 is 11.6 Å². The van der Waals surface area contributed by atoms with Gasteiger partial charge in [0.05, 0.1) is 25.1 Å². The molecule has 0 radical (unpaired) electrons. The van der Waals surface area contributed by atoms with Crippen molar-refractivity contribution in [3.63, 3.8) is 0 Å². The van der Waals surface area contributed by atoms with Crippen LogP contribution in [0.25, 0.3) is 0 Å². The molecule has 1 aliphatic heterocycles. The van der Waals surface area contributed by atoms with Crippen LogP contribution in [0.5, 0.6) is 0 Å². The highest BCUT2D eigenvalue weighted by atomic mass is 19.1. The lowest BCUT2D eigenvalue weighted by Gasteiger charge is -2.63. The molecular formula is C34H36F2O8. The molecule has 5 aliphatic rings. The number of allylic oxidation sites excluding steroid dienone is 4. The molecule has 1 aromatic heterocycles. The van der Waals surface area contributed by atoms with Gasteiger partial charge in [0.25, 0.3) is 0 Å². The Morgan fingerprint density at radius 2 is 1.82 bits per heavy atom. The van der Waals surface area contributed by atoms with Crippen molar-refractivity contribution in [2.24, 2.45) is 22.7 Å². The van der Waals surface area contributed by atoms with E-state index in [9.17, 15) is 24.9 Å². The molecule has 3 saturated carbocycles. The maximum absolute atomic E-state index is 17.5. The van der Waals surface area contributed by atoms with E-state index in [4.69, 9.17) is 13.9 Å². The van der Waals surface area contributed by atoms with Crippen LogP contribution in [-0.4, -0.2) is 63.1 Å². The molecule has 44 heavy (non-hydrogen) atoms. The molecule has 7 rings (SSSR count). The number of aliphatic hydroxyl groups is 3. The molecule has 0 bridgehead atoms. The maximum Gasteiger partial charge on any atom is 0.193 e. The molecule has 8 nitrogen and oxygen atoms in total. The SMILES string of the molecule is C[C@]12C=CC(=O)C=C1[C@@H](F)C[C@H]1[C@@H]3C[C@H]4O[C@@H](c5coc(Cc6ccc(CO)cc6)c5)O[C@@]4(C(=O)CO)[C@@]3(C)C[C@H](O)[C@@]12F. The second-order valence-corrected chi connectivity index (χ2v) is 13.5. The third kappa shape index (κ3) is 3.78. The first kappa shape index (κ1) is 29.7. The van der Waals surface area contributed by atoms with Crippen LogP contribution in [0.15, 0.2) is 64.8 Å². The molecule has 2 aromatic rings. The molecule has 1 saturated heterocycles. The van der Waals surface area contributed by atoms with Gasteiger partial charge in [0, 0.05) is 28.7 Å². The van der Waals surface area contributed by atoms with Gasteiger partial charge in [0.2, 0.25) is 0 Å². The third-order valence-corrected chi connectivity index (χ3v) is 11.5. The molecule has 0 amide bonds. The zero-order chi connectivity index (χ0) is 31.2. The average Bonchev–Trinajstić information content (AvgIpc) is 3.69. The van der Waals surface area contributed by atoms with E-state index >= 15 is 8.78 Å². The summed E-state index contributed by atoms with van der Waals surface area (Å²) in [5, 5.41) is 31.1. The molecule has 10 heteroatoms. The smallest absolute Gasteiger partial charge is 0.193 e. The Hall–Kier alpha value is -3.02. The summed E-state index contributed by atoms with van der Waals surface area (Å²) >= 11 is 0. The van der Waals surface area contributed by atoms with Gasteiger partial charge in [-0.3, -0.25) is 9.59 Å². The van der Waals surface area contributed by atoms with Gasteiger partial charge in [0.1, 0.15) is 18.5 Å². The van der Waals surface area contributed by atoms with Crippen molar-refractivity contribution in [2.45, 2.75) is 82.1 Å². The van der Waals surface area contributed by atoms with Crippen molar-refractivity contribution < 1.29 is 47.6 Å². The number of carbonyl (C=O) groups excluding carboxylic acids is 2. The summed E-state index contributed by atoms with van der Waals surface area (Å²) < 4.78 is 51.9. The van der Waals surface area contributed by atoms with E-state index in [0.717, 1.165) is 17.2 Å². The molecule has 234 valence electrons. The van der Waals surface area contributed by atoms with Gasteiger partial charge in [-0.25, -0.2) is 8.78 Å². The standard InChI is InChI=1S/C34H36F2O8/c1-31-8-7-21(39)11-25(31)26(35)12-24-23-13-29-34(28(41)16-38,32(23,2)14-27(40)33(24,31)36)44-30(43-29)20-10-22(42-17-20)9-18-3-5-19(15-37)6-4-18/h3-8,10-11,17,23-24,26-27,29-30,37-38,40H,9,12-16H2,1-2H3/t23-,24-,26-,27-,29+,30+,31-,32-,33-,34+/m0/s1. The number of hydrogen-bond acceptors (Lipinski definition) is 8. The highest BCUT2D eigenvalue weighted by Gasteiger charge is 2.80. The number of ketones is 2. The topological polar surface area (TPSA) is 126 Å². The Morgan fingerprint density at radius 3 is 2.52 bits per heavy atom. The number of carbonyl (C=O) groups is 2. The minimum atomic E-state index is -2.31. The van der Waals surface area contributed by atoms with E-state index < -0.39 is 76.8 Å². The van der Waals surface area contributed by atoms with Crippen molar-refractivity contribution in [3.05, 3.63) is 82.8 Å². The van der Waals surface area contributed by atoms with E-state index in [2.05, 4.69) is 0 Å². The first-order chi connectivity index (χ1) is 20.9. The van der Waals surface area contributed by atoms with Crippen LogP contribution in [-0.2, 0) is 32.1 Å². The largest absolute Gasteiger partial charge is 0.469 e. The minimum absolute atomic E-state index is 0.0263. The highest BCUT2D eigenvalue weighted by molar-refractivity contribution is 6.01. The number of hydrogen-bond donors (Lipinski definition) is 3. The molecule has 4 fully saturated rings. The molecule has 0 unspecified atom stereocenters. The van der Waals surface area contributed by atoms with E-state index in [0.29, 0.717) is 17.7 Å². The molecule has 1 aromatic carbocycles. The van der Waals surface area contributed by atoms with Crippen LogP contribution in [0, 0.1) is 22.7 Å². The van der Waals surface area contributed by atoms with E-state index in [-0.39, 0.29) is 31.4 Å². The van der Waals surface area contributed by atoms with Crippen LogP contribution < -0.4 is 0 Å².